The molecule has 0 spiro atoms. The van der Waals surface area contributed by atoms with Crippen LogP contribution in [0.1, 0.15) is 32.1 Å². The van der Waals surface area contributed by atoms with Crippen LogP contribution in [-0.2, 0) is 4.79 Å². The fourth-order valence-corrected chi connectivity index (χ4v) is 3.25. The Kier molecular flexibility index (Phi) is 6.53. The van der Waals surface area contributed by atoms with Crippen molar-refractivity contribution in [1.82, 2.24) is 14.5 Å². The summed E-state index contributed by atoms with van der Waals surface area (Å²) < 4.78 is 1.91. The lowest BCUT2D eigenvalue weighted by Gasteiger charge is -2.13. The standard InChI is InChI=1S/C19H20Cl2N4O2/c20-14-7-6-13-15(25-10-9-22-12-25)11-16(24-19(13)18(14)21)23-8-4-2-1-3-5-17(26)27/h6-7,9-12H,1-5,8H2,(H,23,24)(H,26,27). The van der Waals surface area contributed by atoms with Gasteiger partial charge < -0.3 is 15.0 Å². The van der Waals surface area contributed by atoms with E-state index >= 15 is 0 Å². The SMILES string of the molecule is O=C(O)CCCCCCNc1cc(-n2ccnc2)c2ccc(Cl)c(Cl)c2n1. The zero-order valence-corrected chi connectivity index (χ0v) is 16.2. The molecule has 0 bridgehead atoms. The van der Waals surface area contributed by atoms with Crippen molar-refractivity contribution in [3.8, 4) is 5.69 Å². The molecule has 0 radical (unpaired) electrons. The van der Waals surface area contributed by atoms with Gasteiger partial charge in [-0.2, -0.15) is 0 Å². The average molecular weight is 407 g/mol. The Morgan fingerprint density at radius 3 is 2.74 bits per heavy atom. The number of nitrogens with zero attached hydrogens (tertiary/aromatic N) is 3. The highest BCUT2D eigenvalue weighted by Gasteiger charge is 2.12. The van der Waals surface area contributed by atoms with Crippen LogP contribution >= 0.6 is 23.2 Å². The van der Waals surface area contributed by atoms with Crippen molar-refractivity contribution in [1.29, 1.82) is 0 Å². The molecule has 0 saturated carbocycles. The molecule has 0 unspecified atom stereocenters. The van der Waals surface area contributed by atoms with E-state index in [1.54, 1.807) is 18.6 Å². The number of nitrogens with one attached hydrogen (secondary N) is 1. The van der Waals surface area contributed by atoms with E-state index in [4.69, 9.17) is 28.3 Å². The van der Waals surface area contributed by atoms with Crippen LogP contribution in [-0.4, -0.2) is 32.2 Å². The predicted molar refractivity (Wildman–Crippen MR) is 108 cm³/mol. The van der Waals surface area contributed by atoms with E-state index in [0.717, 1.165) is 36.9 Å². The quantitative estimate of drug-likeness (QED) is 0.478. The van der Waals surface area contributed by atoms with Gasteiger partial charge in [-0.3, -0.25) is 4.79 Å². The number of imidazole rings is 1. The molecule has 3 aromatic rings. The second-order valence-electron chi connectivity index (χ2n) is 6.24. The van der Waals surface area contributed by atoms with Crippen LogP contribution in [0.3, 0.4) is 0 Å². The summed E-state index contributed by atoms with van der Waals surface area (Å²) in [5.41, 5.74) is 1.55. The minimum atomic E-state index is -0.740. The zero-order valence-electron chi connectivity index (χ0n) is 14.7. The van der Waals surface area contributed by atoms with Crippen molar-refractivity contribution in [2.24, 2.45) is 0 Å². The Hall–Kier alpha value is -2.31. The maximum atomic E-state index is 10.5. The first-order chi connectivity index (χ1) is 13.1. The highest BCUT2D eigenvalue weighted by atomic mass is 35.5. The van der Waals surface area contributed by atoms with Gasteiger partial charge in [-0.05, 0) is 25.0 Å². The van der Waals surface area contributed by atoms with Crippen LogP contribution in [0.2, 0.25) is 10.0 Å². The van der Waals surface area contributed by atoms with Gasteiger partial charge in [0, 0.05) is 36.8 Å². The maximum absolute atomic E-state index is 10.5. The van der Waals surface area contributed by atoms with E-state index in [-0.39, 0.29) is 6.42 Å². The van der Waals surface area contributed by atoms with Gasteiger partial charge in [-0.15, -0.1) is 0 Å². The number of pyridine rings is 1. The first-order valence-electron chi connectivity index (χ1n) is 8.79. The molecule has 0 atom stereocenters. The molecule has 0 saturated heterocycles. The topological polar surface area (TPSA) is 80.0 Å². The smallest absolute Gasteiger partial charge is 0.303 e. The molecule has 2 heterocycles. The Bertz CT molecular complexity index is 929. The Morgan fingerprint density at radius 2 is 2.00 bits per heavy atom. The number of carbonyl (C=O) groups is 1. The summed E-state index contributed by atoms with van der Waals surface area (Å²) in [6.07, 6.45) is 9.05. The van der Waals surface area contributed by atoms with E-state index < -0.39 is 5.97 Å². The summed E-state index contributed by atoms with van der Waals surface area (Å²) in [4.78, 5) is 19.3. The minimum absolute atomic E-state index is 0.229. The van der Waals surface area contributed by atoms with Gasteiger partial charge in [0.05, 0.1) is 27.6 Å². The average Bonchev–Trinajstić information content (AvgIpc) is 3.18. The van der Waals surface area contributed by atoms with E-state index in [1.165, 1.54) is 0 Å². The van der Waals surface area contributed by atoms with Crippen LogP contribution in [0.25, 0.3) is 16.6 Å². The molecule has 2 aromatic heterocycles. The number of rotatable bonds is 9. The molecule has 0 amide bonds. The number of aliphatic carboxylic acids is 1. The highest BCUT2D eigenvalue weighted by molar-refractivity contribution is 6.45. The molecule has 27 heavy (non-hydrogen) atoms. The molecule has 8 heteroatoms. The lowest BCUT2D eigenvalue weighted by molar-refractivity contribution is -0.137. The molecular formula is C19H20Cl2N4O2. The number of halogens is 2. The van der Waals surface area contributed by atoms with Crippen molar-refractivity contribution in [2.45, 2.75) is 32.1 Å². The number of hydrogen-bond acceptors (Lipinski definition) is 4. The minimum Gasteiger partial charge on any atom is -0.481 e. The number of unbranched alkanes of at least 4 members (excludes halogenated alkanes) is 3. The molecule has 0 fully saturated rings. The Morgan fingerprint density at radius 1 is 1.19 bits per heavy atom. The van der Waals surface area contributed by atoms with Gasteiger partial charge in [-0.1, -0.05) is 36.0 Å². The van der Waals surface area contributed by atoms with E-state index in [2.05, 4.69) is 15.3 Å². The first kappa shape index (κ1) is 19.5. The summed E-state index contributed by atoms with van der Waals surface area (Å²) >= 11 is 12.5. The van der Waals surface area contributed by atoms with Gasteiger partial charge in [0.25, 0.3) is 0 Å². The first-order valence-corrected chi connectivity index (χ1v) is 9.54. The number of hydrogen-bond donors (Lipinski definition) is 2. The summed E-state index contributed by atoms with van der Waals surface area (Å²) in [6.45, 7) is 0.743. The molecule has 0 aliphatic heterocycles. The molecular weight excluding hydrogens is 387 g/mol. The third-order valence-corrected chi connectivity index (χ3v) is 5.05. The largest absolute Gasteiger partial charge is 0.481 e. The second-order valence-corrected chi connectivity index (χ2v) is 7.02. The molecule has 3 rings (SSSR count). The number of anilines is 1. The predicted octanol–water partition coefficient (Wildman–Crippen LogP) is 5.17. The number of benzene rings is 1. The number of fused-ring (bicyclic) bond motifs is 1. The van der Waals surface area contributed by atoms with Crippen molar-refractivity contribution >= 4 is 45.9 Å². The third-order valence-electron chi connectivity index (χ3n) is 4.26. The monoisotopic (exact) mass is 406 g/mol. The summed E-state index contributed by atoms with van der Waals surface area (Å²) in [5.74, 6) is -0.0306. The van der Waals surface area contributed by atoms with Crippen LogP contribution < -0.4 is 5.32 Å². The van der Waals surface area contributed by atoms with Gasteiger partial charge in [0.1, 0.15) is 5.82 Å². The summed E-state index contributed by atoms with van der Waals surface area (Å²) in [6, 6.07) is 5.62. The Balaban J connectivity index is 1.74. The Labute approximate surface area is 167 Å². The van der Waals surface area contributed by atoms with Crippen LogP contribution in [0.15, 0.2) is 36.9 Å². The van der Waals surface area contributed by atoms with E-state index in [1.807, 2.05) is 22.9 Å². The summed E-state index contributed by atoms with van der Waals surface area (Å²) in [7, 11) is 0. The van der Waals surface area contributed by atoms with Crippen molar-refractivity contribution in [3.63, 3.8) is 0 Å². The van der Waals surface area contributed by atoms with Crippen LogP contribution in [0.5, 0.6) is 0 Å². The number of aromatic nitrogens is 3. The molecule has 0 aliphatic carbocycles. The van der Waals surface area contributed by atoms with Crippen LogP contribution in [0.4, 0.5) is 5.82 Å². The van der Waals surface area contributed by atoms with Gasteiger partial charge >= 0.3 is 5.97 Å². The normalized spacial score (nSPS) is 11.0. The van der Waals surface area contributed by atoms with Gasteiger partial charge in [0.15, 0.2) is 0 Å². The highest BCUT2D eigenvalue weighted by Crippen LogP contribution is 2.33. The fourth-order valence-electron chi connectivity index (χ4n) is 2.89. The molecule has 0 aliphatic rings. The fraction of sp³-hybridized carbons (Fsp3) is 0.316. The lowest BCUT2D eigenvalue weighted by Crippen LogP contribution is -2.05. The van der Waals surface area contributed by atoms with E-state index in [0.29, 0.717) is 27.8 Å². The molecule has 6 nitrogen and oxygen atoms in total. The molecule has 2 N–H and O–H groups in total. The van der Waals surface area contributed by atoms with Gasteiger partial charge in [-0.25, -0.2) is 9.97 Å². The van der Waals surface area contributed by atoms with Crippen molar-refractivity contribution in [2.75, 3.05) is 11.9 Å². The number of carboxylic acids is 1. The van der Waals surface area contributed by atoms with Crippen LogP contribution in [0, 0.1) is 0 Å². The number of carboxylic acid groups (broad SMARTS) is 1. The van der Waals surface area contributed by atoms with Crippen molar-refractivity contribution in [3.05, 3.63) is 47.0 Å². The molecule has 1 aromatic carbocycles. The van der Waals surface area contributed by atoms with Gasteiger partial charge in [0.2, 0.25) is 0 Å². The zero-order chi connectivity index (χ0) is 19.2. The van der Waals surface area contributed by atoms with E-state index in [9.17, 15) is 4.79 Å². The molecule has 142 valence electrons. The summed E-state index contributed by atoms with van der Waals surface area (Å²) in [5, 5.41) is 13.7. The second kappa shape index (κ2) is 9.06. The maximum Gasteiger partial charge on any atom is 0.303 e. The lowest BCUT2D eigenvalue weighted by atomic mass is 10.1. The van der Waals surface area contributed by atoms with Crippen molar-refractivity contribution < 1.29 is 9.90 Å². The third kappa shape index (κ3) is 4.90.